The van der Waals surface area contributed by atoms with E-state index < -0.39 is 5.97 Å². The Bertz CT molecular complexity index is 1160. The van der Waals surface area contributed by atoms with Gasteiger partial charge in [-0.1, -0.05) is 53.7 Å². The lowest BCUT2D eigenvalue weighted by atomic mass is 10.1. The molecule has 0 aliphatic heterocycles. The largest absolute Gasteiger partial charge is 0.493 e. The first-order valence-corrected chi connectivity index (χ1v) is 12.1. The molecule has 0 unspecified atom stereocenters. The molecule has 3 aromatic carbocycles. The van der Waals surface area contributed by atoms with Crippen molar-refractivity contribution >= 4 is 11.7 Å². The summed E-state index contributed by atoms with van der Waals surface area (Å²) in [5, 5.41) is 13.1. The molecule has 1 saturated carbocycles. The number of hydrogen-bond acceptors (Lipinski definition) is 6. The highest BCUT2D eigenvalue weighted by molar-refractivity contribution is 6.01. The predicted molar refractivity (Wildman–Crippen MR) is 137 cm³/mol. The molecular formula is C29H31NO6. The van der Waals surface area contributed by atoms with Crippen LogP contribution in [-0.4, -0.2) is 37.1 Å². The maximum Gasteiger partial charge on any atom is 0.303 e. The van der Waals surface area contributed by atoms with Crippen molar-refractivity contribution in [1.29, 1.82) is 0 Å². The molecule has 4 rings (SSSR count). The number of aryl methyl sites for hydroxylation is 1. The first-order chi connectivity index (χ1) is 17.6. The quantitative estimate of drug-likeness (QED) is 0.238. The van der Waals surface area contributed by atoms with Crippen molar-refractivity contribution in [3.05, 3.63) is 89.5 Å². The first kappa shape index (κ1) is 25.1. The maximum absolute atomic E-state index is 11.0. The van der Waals surface area contributed by atoms with Crippen molar-refractivity contribution in [2.45, 2.75) is 32.3 Å². The number of carbonyl (C=O) groups is 1. The highest BCUT2D eigenvalue weighted by atomic mass is 16.6. The van der Waals surface area contributed by atoms with Crippen LogP contribution in [0.2, 0.25) is 0 Å². The second-order valence-electron chi connectivity index (χ2n) is 8.73. The third kappa shape index (κ3) is 7.77. The van der Waals surface area contributed by atoms with E-state index >= 15 is 0 Å². The van der Waals surface area contributed by atoms with Crippen LogP contribution in [0, 0.1) is 5.92 Å². The molecule has 7 nitrogen and oxygen atoms in total. The van der Waals surface area contributed by atoms with E-state index in [9.17, 15) is 4.79 Å². The Balaban J connectivity index is 1.32. The molecule has 3 aromatic rings. The van der Waals surface area contributed by atoms with Crippen LogP contribution in [0.1, 0.15) is 36.0 Å². The average molecular weight is 490 g/mol. The Labute approximate surface area is 211 Å². The predicted octanol–water partition coefficient (Wildman–Crippen LogP) is 5.50. The lowest BCUT2D eigenvalue weighted by Crippen LogP contribution is -2.13. The van der Waals surface area contributed by atoms with Crippen LogP contribution in [0.15, 0.2) is 78.0 Å². The summed E-state index contributed by atoms with van der Waals surface area (Å²) in [7, 11) is 1.52. The minimum atomic E-state index is -0.821. The normalized spacial score (nSPS) is 13.2. The lowest BCUT2D eigenvalue weighted by molar-refractivity contribution is -0.136. The van der Waals surface area contributed by atoms with E-state index in [1.165, 1.54) is 20.0 Å². The second-order valence-corrected chi connectivity index (χ2v) is 8.73. The molecule has 0 heterocycles. The Morgan fingerprint density at radius 2 is 1.69 bits per heavy atom. The molecule has 0 radical (unpaired) electrons. The van der Waals surface area contributed by atoms with Crippen molar-refractivity contribution in [2.75, 3.05) is 20.3 Å². The number of rotatable bonds is 14. The van der Waals surface area contributed by atoms with Crippen LogP contribution in [0.3, 0.4) is 0 Å². The first-order valence-electron chi connectivity index (χ1n) is 12.1. The van der Waals surface area contributed by atoms with Crippen molar-refractivity contribution in [1.82, 2.24) is 0 Å². The van der Waals surface area contributed by atoms with Crippen LogP contribution in [0.25, 0.3) is 0 Å². The van der Waals surface area contributed by atoms with E-state index in [4.69, 9.17) is 24.2 Å². The van der Waals surface area contributed by atoms with Gasteiger partial charge >= 0.3 is 5.97 Å². The number of ether oxygens (including phenoxy) is 3. The number of benzene rings is 3. The van der Waals surface area contributed by atoms with Gasteiger partial charge in [0.2, 0.25) is 0 Å². The van der Waals surface area contributed by atoms with Gasteiger partial charge in [0.15, 0.2) is 0 Å². The molecular weight excluding hydrogens is 458 g/mol. The van der Waals surface area contributed by atoms with Gasteiger partial charge in [-0.15, -0.1) is 0 Å². The molecule has 0 atom stereocenters. The third-order valence-electron chi connectivity index (χ3n) is 5.83. The average Bonchev–Trinajstić information content (AvgIpc) is 3.73. The molecule has 0 amide bonds. The van der Waals surface area contributed by atoms with Crippen molar-refractivity contribution in [3.63, 3.8) is 0 Å². The van der Waals surface area contributed by atoms with Gasteiger partial charge in [0, 0.05) is 18.1 Å². The fourth-order valence-electron chi connectivity index (χ4n) is 3.60. The van der Waals surface area contributed by atoms with Crippen molar-refractivity contribution < 1.29 is 28.9 Å². The maximum atomic E-state index is 11.0. The third-order valence-corrected chi connectivity index (χ3v) is 5.83. The van der Waals surface area contributed by atoms with E-state index in [-0.39, 0.29) is 13.0 Å². The molecule has 1 fully saturated rings. The molecule has 7 heteroatoms. The number of hydrogen-bond donors (Lipinski definition) is 1. The van der Waals surface area contributed by atoms with E-state index in [0.717, 1.165) is 22.4 Å². The lowest BCUT2D eigenvalue weighted by Gasteiger charge is -2.14. The fraction of sp³-hybridized carbons (Fsp3) is 0.310. The van der Waals surface area contributed by atoms with Crippen LogP contribution >= 0.6 is 0 Å². The molecule has 0 bridgehead atoms. The monoisotopic (exact) mass is 489 g/mol. The highest BCUT2D eigenvalue weighted by Crippen LogP contribution is 2.32. The minimum absolute atomic E-state index is 0.0680. The smallest absolute Gasteiger partial charge is 0.303 e. The topological polar surface area (TPSA) is 86.6 Å². The number of nitrogens with zero attached hydrogens (tertiary/aromatic N) is 1. The van der Waals surface area contributed by atoms with Gasteiger partial charge in [-0.3, -0.25) is 4.79 Å². The summed E-state index contributed by atoms with van der Waals surface area (Å²) in [6, 6.07) is 23.1. The number of carboxylic acids is 1. The SMILES string of the molecule is CON=C(COc1ccc(COc2ccc(CCC(=O)O)c(OCC3CC3)c2)cc1)c1ccccc1. The molecule has 1 aliphatic rings. The van der Waals surface area contributed by atoms with E-state index in [1.54, 1.807) is 0 Å². The van der Waals surface area contributed by atoms with E-state index in [2.05, 4.69) is 5.16 Å². The zero-order valence-corrected chi connectivity index (χ0v) is 20.4. The van der Waals surface area contributed by atoms with Crippen LogP contribution in [-0.2, 0) is 22.7 Å². The minimum Gasteiger partial charge on any atom is -0.493 e. The van der Waals surface area contributed by atoms with E-state index in [1.807, 2.05) is 72.8 Å². The van der Waals surface area contributed by atoms with Gasteiger partial charge in [-0.25, -0.2) is 0 Å². The molecule has 0 spiro atoms. The number of carboxylic acid groups (broad SMARTS) is 1. The Kier molecular flexibility index (Phi) is 8.81. The zero-order chi connectivity index (χ0) is 25.2. The van der Waals surface area contributed by atoms with Gasteiger partial charge in [0.1, 0.15) is 43.3 Å². The van der Waals surface area contributed by atoms with Crippen molar-refractivity contribution in [2.24, 2.45) is 11.1 Å². The summed E-state index contributed by atoms with van der Waals surface area (Å²) in [5.41, 5.74) is 3.53. The van der Waals surface area contributed by atoms with Crippen LogP contribution in [0.5, 0.6) is 17.2 Å². The Morgan fingerprint density at radius 1 is 0.944 bits per heavy atom. The standard InChI is InChI=1S/C29H31NO6/c1-33-30-27(23-5-3-2-4-6-23)20-35-25-13-9-22(10-14-25)18-34-26-15-11-24(12-16-29(31)32)28(17-26)36-19-21-7-8-21/h2-6,9-11,13-15,17,21H,7-8,12,16,18-20H2,1H3,(H,31,32). The molecule has 1 N–H and O–H groups in total. The Hall–Kier alpha value is -4.00. The Morgan fingerprint density at radius 3 is 2.39 bits per heavy atom. The van der Waals surface area contributed by atoms with Crippen LogP contribution < -0.4 is 14.2 Å². The second kappa shape index (κ2) is 12.6. The summed E-state index contributed by atoms with van der Waals surface area (Å²) < 4.78 is 17.9. The molecule has 36 heavy (non-hydrogen) atoms. The number of aliphatic carboxylic acids is 1. The molecule has 0 aromatic heterocycles. The summed E-state index contributed by atoms with van der Waals surface area (Å²) in [4.78, 5) is 16.0. The van der Waals surface area contributed by atoms with Gasteiger partial charge in [-0.05, 0) is 54.5 Å². The number of oxime groups is 1. The van der Waals surface area contributed by atoms with Gasteiger partial charge in [0.05, 0.1) is 6.61 Å². The van der Waals surface area contributed by atoms with Gasteiger partial charge in [-0.2, -0.15) is 0 Å². The summed E-state index contributed by atoms with van der Waals surface area (Å²) in [6.07, 6.45) is 2.87. The van der Waals surface area contributed by atoms with Gasteiger partial charge < -0.3 is 24.2 Å². The highest BCUT2D eigenvalue weighted by Gasteiger charge is 2.22. The summed E-state index contributed by atoms with van der Waals surface area (Å²) >= 11 is 0. The fourth-order valence-corrected chi connectivity index (χ4v) is 3.60. The summed E-state index contributed by atoms with van der Waals surface area (Å²) in [6.45, 7) is 1.33. The molecule has 0 saturated heterocycles. The van der Waals surface area contributed by atoms with E-state index in [0.29, 0.717) is 42.8 Å². The van der Waals surface area contributed by atoms with Crippen LogP contribution in [0.4, 0.5) is 0 Å². The summed E-state index contributed by atoms with van der Waals surface area (Å²) in [5.74, 6) is 1.89. The zero-order valence-electron chi connectivity index (χ0n) is 20.4. The molecule has 188 valence electrons. The van der Waals surface area contributed by atoms with Crippen molar-refractivity contribution in [3.8, 4) is 17.2 Å². The van der Waals surface area contributed by atoms with Gasteiger partial charge in [0.25, 0.3) is 0 Å². The molecule has 1 aliphatic carbocycles.